The third-order valence-electron chi connectivity index (χ3n) is 4.58. The number of nitrogens with zero attached hydrogens (tertiary/aromatic N) is 3. The number of Topliss-reactive ketones (excluding diaryl/α,β-unsaturated/α-hetero) is 1. The van der Waals surface area contributed by atoms with Crippen LogP contribution < -0.4 is 0 Å². The molecular formula is C21H17N3O4. The van der Waals surface area contributed by atoms with Crippen molar-refractivity contribution in [2.24, 2.45) is 0 Å². The molecule has 1 aliphatic rings. The predicted octanol–water partition coefficient (Wildman–Crippen LogP) is 3.00. The lowest BCUT2D eigenvalue weighted by molar-refractivity contribution is -0.140. The van der Waals surface area contributed by atoms with E-state index in [0.717, 1.165) is 0 Å². The maximum atomic E-state index is 12.8. The van der Waals surface area contributed by atoms with E-state index >= 15 is 0 Å². The van der Waals surface area contributed by atoms with Gasteiger partial charge in [0.1, 0.15) is 23.3 Å². The van der Waals surface area contributed by atoms with Gasteiger partial charge < -0.3 is 14.4 Å². The van der Waals surface area contributed by atoms with Crippen LogP contribution >= 0.6 is 0 Å². The Morgan fingerprint density at radius 1 is 1.11 bits per heavy atom. The number of amides is 1. The normalized spacial score (nSPS) is 18.6. The van der Waals surface area contributed by atoms with E-state index in [9.17, 15) is 14.7 Å². The van der Waals surface area contributed by atoms with E-state index in [0.29, 0.717) is 22.8 Å². The molecule has 7 heteroatoms. The van der Waals surface area contributed by atoms with Gasteiger partial charge in [0.05, 0.1) is 17.8 Å². The van der Waals surface area contributed by atoms with Gasteiger partial charge in [-0.3, -0.25) is 19.6 Å². The first-order valence-corrected chi connectivity index (χ1v) is 8.71. The van der Waals surface area contributed by atoms with Crippen molar-refractivity contribution in [2.45, 2.75) is 19.5 Å². The number of furan rings is 1. The number of hydrogen-bond donors (Lipinski definition) is 1. The highest BCUT2D eigenvalue weighted by atomic mass is 16.3. The summed E-state index contributed by atoms with van der Waals surface area (Å²) in [6.07, 6.45) is 4.63. The number of hydrogen-bond acceptors (Lipinski definition) is 6. The summed E-state index contributed by atoms with van der Waals surface area (Å²) in [6.45, 7) is 1.89. The molecule has 0 radical (unpaired) electrons. The van der Waals surface area contributed by atoms with Crippen LogP contribution in [0, 0.1) is 6.92 Å². The quantitative estimate of drug-likeness (QED) is 0.428. The third kappa shape index (κ3) is 3.07. The summed E-state index contributed by atoms with van der Waals surface area (Å²) in [5.74, 6) is -0.682. The molecule has 1 saturated heterocycles. The number of aromatic nitrogens is 2. The van der Waals surface area contributed by atoms with E-state index in [1.54, 1.807) is 49.5 Å². The Labute approximate surface area is 161 Å². The average molecular weight is 375 g/mol. The molecule has 4 rings (SSSR count). The molecular weight excluding hydrogens is 358 g/mol. The highest BCUT2D eigenvalue weighted by molar-refractivity contribution is 6.46. The first-order chi connectivity index (χ1) is 13.6. The summed E-state index contributed by atoms with van der Waals surface area (Å²) in [7, 11) is 0. The largest absolute Gasteiger partial charge is 0.507 e. The lowest BCUT2D eigenvalue weighted by Crippen LogP contribution is -2.29. The van der Waals surface area contributed by atoms with Crippen molar-refractivity contribution in [3.8, 4) is 0 Å². The average Bonchev–Trinajstić information content (AvgIpc) is 3.25. The van der Waals surface area contributed by atoms with Gasteiger partial charge in [-0.15, -0.1) is 0 Å². The van der Waals surface area contributed by atoms with Crippen LogP contribution in [-0.2, 0) is 16.1 Å². The lowest BCUT2D eigenvalue weighted by atomic mass is 10.00. The summed E-state index contributed by atoms with van der Waals surface area (Å²) in [5.41, 5.74) is 1.02. The number of likely N-dealkylation sites (tertiary alicyclic amines) is 1. The second kappa shape index (κ2) is 7.11. The highest BCUT2D eigenvalue weighted by Crippen LogP contribution is 2.40. The highest BCUT2D eigenvalue weighted by Gasteiger charge is 2.47. The van der Waals surface area contributed by atoms with Gasteiger partial charge in [-0.1, -0.05) is 6.07 Å². The summed E-state index contributed by atoms with van der Waals surface area (Å²) in [6, 6.07) is 11.1. The Hall–Kier alpha value is -3.74. The Balaban J connectivity index is 1.85. The van der Waals surface area contributed by atoms with Gasteiger partial charge >= 0.3 is 0 Å². The van der Waals surface area contributed by atoms with Crippen molar-refractivity contribution in [3.63, 3.8) is 0 Å². The summed E-state index contributed by atoms with van der Waals surface area (Å²) < 4.78 is 5.72. The van der Waals surface area contributed by atoms with Crippen LogP contribution in [0.15, 0.2) is 71.0 Å². The molecule has 1 fully saturated rings. The van der Waals surface area contributed by atoms with Gasteiger partial charge in [0.15, 0.2) is 0 Å². The molecule has 1 N–H and O–H groups in total. The summed E-state index contributed by atoms with van der Waals surface area (Å²) in [5, 5.41) is 10.8. The number of aliphatic hydroxyl groups excluding tert-OH is 1. The molecule has 0 saturated carbocycles. The number of aryl methyl sites for hydroxylation is 1. The van der Waals surface area contributed by atoms with Gasteiger partial charge in [-0.05, 0) is 43.3 Å². The van der Waals surface area contributed by atoms with Gasteiger partial charge in [0.25, 0.3) is 11.7 Å². The van der Waals surface area contributed by atoms with E-state index in [2.05, 4.69) is 9.97 Å². The second-order valence-corrected chi connectivity index (χ2v) is 6.43. The molecule has 1 amide bonds. The molecule has 1 aliphatic heterocycles. The van der Waals surface area contributed by atoms with E-state index in [1.165, 1.54) is 17.3 Å². The van der Waals surface area contributed by atoms with Crippen molar-refractivity contribution in [1.29, 1.82) is 0 Å². The zero-order chi connectivity index (χ0) is 19.7. The minimum absolute atomic E-state index is 0.0125. The molecule has 4 heterocycles. The van der Waals surface area contributed by atoms with E-state index in [-0.39, 0.29) is 17.9 Å². The van der Waals surface area contributed by atoms with Gasteiger partial charge in [0, 0.05) is 24.2 Å². The van der Waals surface area contributed by atoms with Crippen LogP contribution in [0.2, 0.25) is 0 Å². The Morgan fingerprint density at radius 2 is 1.89 bits per heavy atom. The third-order valence-corrected chi connectivity index (χ3v) is 4.58. The maximum absolute atomic E-state index is 12.8. The zero-order valence-electron chi connectivity index (χ0n) is 15.1. The fourth-order valence-corrected chi connectivity index (χ4v) is 3.27. The topological polar surface area (TPSA) is 96.5 Å². The van der Waals surface area contributed by atoms with Crippen LogP contribution in [-0.4, -0.2) is 31.7 Å². The molecule has 1 unspecified atom stereocenters. The van der Waals surface area contributed by atoms with E-state index in [1.807, 2.05) is 6.07 Å². The molecule has 7 nitrogen and oxygen atoms in total. The zero-order valence-corrected chi connectivity index (χ0v) is 15.1. The van der Waals surface area contributed by atoms with Crippen molar-refractivity contribution in [2.75, 3.05) is 0 Å². The minimum Gasteiger partial charge on any atom is -0.507 e. The standard InChI is InChI=1S/C21H17N3O4/c1-13-5-6-16(28-13)18-17(19(25)14-7-10-22-11-8-14)20(26)21(27)24(18)12-15-4-2-3-9-23-15/h2-11,18,25H,12H2,1H3/b19-17-. The van der Waals surface area contributed by atoms with Crippen LogP contribution in [0.4, 0.5) is 0 Å². The van der Waals surface area contributed by atoms with E-state index in [4.69, 9.17) is 4.42 Å². The molecule has 0 aromatic carbocycles. The molecule has 28 heavy (non-hydrogen) atoms. The van der Waals surface area contributed by atoms with Crippen LogP contribution in [0.3, 0.4) is 0 Å². The van der Waals surface area contributed by atoms with Crippen LogP contribution in [0.5, 0.6) is 0 Å². The molecule has 0 spiro atoms. The van der Waals surface area contributed by atoms with E-state index < -0.39 is 17.7 Å². The van der Waals surface area contributed by atoms with Crippen molar-refractivity contribution >= 4 is 17.4 Å². The second-order valence-electron chi connectivity index (χ2n) is 6.43. The molecule has 0 bridgehead atoms. The first-order valence-electron chi connectivity index (χ1n) is 8.71. The maximum Gasteiger partial charge on any atom is 0.296 e. The van der Waals surface area contributed by atoms with Crippen molar-refractivity contribution in [3.05, 3.63) is 89.4 Å². The molecule has 140 valence electrons. The Bertz CT molecular complexity index is 1060. The number of carbonyl (C=O) groups is 2. The van der Waals surface area contributed by atoms with Gasteiger partial charge in [0.2, 0.25) is 0 Å². The fraction of sp³-hybridized carbons (Fsp3) is 0.143. The van der Waals surface area contributed by atoms with Gasteiger partial charge in [-0.2, -0.15) is 0 Å². The molecule has 3 aromatic heterocycles. The Morgan fingerprint density at radius 3 is 2.54 bits per heavy atom. The van der Waals surface area contributed by atoms with Gasteiger partial charge in [-0.25, -0.2) is 0 Å². The summed E-state index contributed by atoms with van der Waals surface area (Å²) >= 11 is 0. The van der Waals surface area contributed by atoms with Crippen LogP contribution in [0.1, 0.15) is 28.8 Å². The number of aliphatic hydroxyl groups is 1. The first kappa shape index (κ1) is 17.7. The lowest BCUT2D eigenvalue weighted by Gasteiger charge is -2.23. The number of ketones is 1. The van der Waals surface area contributed by atoms with Crippen molar-refractivity contribution < 1.29 is 19.1 Å². The molecule has 3 aromatic rings. The monoisotopic (exact) mass is 375 g/mol. The van der Waals surface area contributed by atoms with Crippen molar-refractivity contribution in [1.82, 2.24) is 14.9 Å². The number of pyridine rings is 2. The summed E-state index contributed by atoms with van der Waals surface area (Å²) in [4.78, 5) is 35.1. The number of carbonyl (C=O) groups excluding carboxylic acids is 2. The predicted molar refractivity (Wildman–Crippen MR) is 99.8 cm³/mol. The number of rotatable bonds is 4. The minimum atomic E-state index is -0.844. The smallest absolute Gasteiger partial charge is 0.296 e. The molecule has 1 atom stereocenters. The Kier molecular flexibility index (Phi) is 4.49. The molecule has 0 aliphatic carbocycles. The fourth-order valence-electron chi connectivity index (χ4n) is 3.27. The SMILES string of the molecule is Cc1ccc(C2/C(=C(/O)c3ccncc3)C(=O)C(=O)N2Cc2ccccn2)o1. The van der Waals surface area contributed by atoms with Crippen LogP contribution in [0.25, 0.3) is 5.76 Å².